The summed E-state index contributed by atoms with van der Waals surface area (Å²) in [6, 6.07) is 4.34. The summed E-state index contributed by atoms with van der Waals surface area (Å²) in [6.45, 7) is 5.66. The number of aromatic nitrogens is 1. The fourth-order valence-corrected chi connectivity index (χ4v) is 2.94. The van der Waals surface area contributed by atoms with Crippen molar-refractivity contribution in [3.05, 3.63) is 18.3 Å². The van der Waals surface area contributed by atoms with Crippen LogP contribution in [-0.4, -0.2) is 24.6 Å². The van der Waals surface area contributed by atoms with Crippen molar-refractivity contribution in [2.45, 2.75) is 64.7 Å². The van der Waals surface area contributed by atoms with Crippen molar-refractivity contribution >= 4 is 11.5 Å². The van der Waals surface area contributed by atoms with Crippen molar-refractivity contribution < 1.29 is 0 Å². The topological polar surface area (TPSA) is 28.2 Å². The van der Waals surface area contributed by atoms with Crippen LogP contribution in [0.3, 0.4) is 0 Å². The predicted octanol–water partition coefficient (Wildman–Crippen LogP) is 4.84. The zero-order valence-corrected chi connectivity index (χ0v) is 13.6. The molecule has 3 nitrogen and oxygen atoms in total. The summed E-state index contributed by atoms with van der Waals surface area (Å²) in [5.41, 5.74) is 1.16. The SMILES string of the molecule is CCCCCCCCNc1ccc(N2CCCCC2)nc1. The quantitative estimate of drug-likeness (QED) is 0.659. The van der Waals surface area contributed by atoms with Gasteiger partial charge in [-0.2, -0.15) is 0 Å². The van der Waals surface area contributed by atoms with Gasteiger partial charge in [0.25, 0.3) is 0 Å². The van der Waals surface area contributed by atoms with Gasteiger partial charge in [0.15, 0.2) is 0 Å². The van der Waals surface area contributed by atoms with Gasteiger partial charge >= 0.3 is 0 Å². The molecule has 1 N–H and O–H groups in total. The third-order valence-corrected chi connectivity index (χ3v) is 4.29. The molecule has 1 aromatic heterocycles. The van der Waals surface area contributed by atoms with E-state index in [0.29, 0.717) is 0 Å². The van der Waals surface area contributed by atoms with Gasteiger partial charge in [0.05, 0.1) is 11.9 Å². The van der Waals surface area contributed by atoms with Gasteiger partial charge in [-0.05, 0) is 37.8 Å². The molecule has 0 unspecified atom stereocenters. The van der Waals surface area contributed by atoms with Crippen molar-refractivity contribution in [2.75, 3.05) is 29.9 Å². The van der Waals surface area contributed by atoms with Crippen LogP contribution in [0.2, 0.25) is 0 Å². The third-order valence-electron chi connectivity index (χ3n) is 4.29. The Kier molecular flexibility index (Phi) is 7.41. The molecule has 0 saturated carbocycles. The maximum Gasteiger partial charge on any atom is 0.128 e. The van der Waals surface area contributed by atoms with Gasteiger partial charge in [-0.15, -0.1) is 0 Å². The Hall–Kier alpha value is -1.25. The monoisotopic (exact) mass is 289 g/mol. The number of unbranched alkanes of at least 4 members (excludes halogenated alkanes) is 5. The smallest absolute Gasteiger partial charge is 0.128 e. The first kappa shape index (κ1) is 16.1. The summed E-state index contributed by atoms with van der Waals surface area (Å²) in [5, 5.41) is 3.48. The fraction of sp³-hybridized carbons (Fsp3) is 0.722. The van der Waals surface area contributed by atoms with E-state index in [0.717, 1.165) is 31.1 Å². The normalized spacial score (nSPS) is 15.2. The lowest BCUT2D eigenvalue weighted by molar-refractivity contribution is 0.573. The average Bonchev–Trinajstić information content (AvgIpc) is 2.55. The Morgan fingerprint density at radius 2 is 1.76 bits per heavy atom. The maximum absolute atomic E-state index is 4.61. The second-order valence-electron chi connectivity index (χ2n) is 6.15. The van der Waals surface area contributed by atoms with Gasteiger partial charge in [-0.3, -0.25) is 0 Å². The molecule has 0 aromatic carbocycles. The van der Waals surface area contributed by atoms with Gasteiger partial charge in [0, 0.05) is 19.6 Å². The van der Waals surface area contributed by atoms with E-state index in [1.807, 2.05) is 6.20 Å². The number of hydrogen-bond acceptors (Lipinski definition) is 3. The van der Waals surface area contributed by atoms with Crippen LogP contribution >= 0.6 is 0 Å². The molecule has 0 bridgehead atoms. The Bertz CT molecular complexity index is 369. The summed E-state index contributed by atoms with van der Waals surface area (Å²) < 4.78 is 0. The molecule has 118 valence electrons. The van der Waals surface area contributed by atoms with Gasteiger partial charge in [0.2, 0.25) is 0 Å². The molecule has 1 aliphatic rings. The highest BCUT2D eigenvalue weighted by Crippen LogP contribution is 2.19. The summed E-state index contributed by atoms with van der Waals surface area (Å²) in [6.07, 6.45) is 14.0. The summed E-state index contributed by atoms with van der Waals surface area (Å²) in [5.74, 6) is 1.14. The molecule has 3 heteroatoms. The minimum atomic E-state index is 1.07. The first-order chi connectivity index (χ1) is 10.4. The van der Waals surface area contributed by atoms with Crippen molar-refractivity contribution in [1.82, 2.24) is 4.98 Å². The number of pyridine rings is 1. The lowest BCUT2D eigenvalue weighted by atomic mass is 10.1. The van der Waals surface area contributed by atoms with Crippen LogP contribution in [0.25, 0.3) is 0 Å². The summed E-state index contributed by atoms with van der Waals surface area (Å²) >= 11 is 0. The molecule has 1 aromatic rings. The largest absolute Gasteiger partial charge is 0.384 e. The van der Waals surface area contributed by atoms with Gasteiger partial charge in [0.1, 0.15) is 5.82 Å². The van der Waals surface area contributed by atoms with E-state index in [9.17, 15) is 0 Å². The lowest BCUT2D eigenvalue weighted by Gasteiger charge is -2.27. The maximum atomic E-state index is 4.61. The molecule has 21 heavy (non-hydrogen) atoms. The minimum Gasteiger partial charge on any atom is -0.384 e. The Morgan fingerprint density at radius 1 is 1.00 bits per heavy atom. The second kappa shape index (κ2) is 9.64. The van der Waals surface area contributed by atoms with Crippen molar-refractivity contribution in [1.29, 1.82) is 0 Å². The summed E-state index contributed by atoms with van der Waals surface area (Å²) in [7, 11) is 0. The molecule has 0 amide bonds. The molecule has 1 saturated heterocycles. The Labute approximate surface area is 130 Å². The first-order valence-corrected chi connectivity index (χ1v) is 8.85. The second-order valence-corrected chi connectivity index (χ2v) is 6.15. The molecule has 1 fully saturated rings. The van der Waals surface area contributed by atoms with E-state index < -0.39 is 0 Å². The molecular weight excluding hydrogens is 258 g/mol. The van der Waals surface area contributed by atoms with E-state index in [2.05, 4.69) is 34.3 Å². The van der Waals surface area contributed by atoms with Gasteiger partial charge in [-0.1, -0.05) is 39.0 Å². The van der Waals surface area contributed by atoms with Crippen LogP contribution in [0.1, 0.15) is 64.7 Å². The Morgan fingerprint density at radius 3 is 2.48 bits per heavy atom. The van der Waals surface area contributed by atoms with Crippen molar-refractivity contribution in [2.24, 2.45) is 0 Å². The molecule has 2 rings (SSSR count). The van der Waals surface area contributed by atoms with Crippen LogP contribution < -0.4 is 10.2 Å². The Balaban J connectivity index is 1.63. The van der Waals surface area contributed by atoms with E-state index in [4.69, 9.17) is 0 Å². The molecule has 0 aliphatic carbocycles. The zero-order chi connectivity index (χ0) is 14.8. The van der Waals surface area contributed by atoms with E-state index in [1.54, 1.807) is 0 Å². The molecule has 2 heterocycles. The molecule has 1 aliphatic heterocycles. The number of anilines is 2. The van der Waals surface area contributed by atoms with E-state index >= 15 is 0 Å². The van der Waals surface area contributed by atoms with E-state index in [-0.39, 0.29) is 0 Å². The van der Waals surface area contributed by atoms with Gasteiger partial charge in [-0.25, -0.2) is 4.98 Å². The standard InChI is InChI=1S/C18H31N3/c1-2-3-4-5-6-8-13-19-17-11-12-18(20-16-17)21-14-9-7-10-15-21/h11-12,16,19H,2-10,13-15H2,1H3. The zero-order valence-electron chi connectivity index (χ0n) is 13.6. The molecule has 0 radical (unpaired) electrons. The fourth-order valence-electron chi connectivity index (χ4n) is 2.94. The summed E-state index contributed by atoms with van der Waals surface area (Å²) in [4.78, 5) is 7.01. The third kappa shape index (κ3) is 5.94. The number of rotatable bonds is 9. The molecule has 0 spiro atoms. The van der Waals surface area contributed by atoms with Crippen LogP contribution in [0.15, 0.2) is 18.3 Å². The van der Waals surface area contributed by atoms with Crippen molar-refractivity contribution in [3.8, 4) is 0 Å². The first-order valence-electron chi connectivity index (χ1n) is 8.85. The minimum absolute atomic E-state index is 1.07. The number of piperidine rings is 1. The van der Waals surface area contributed by atoms with Crippen molar-refractivity contribution in [3.63, 3.8) is 0 Å². The van der Waals surface area contributed by atoms with E-state index in [1.165, 1.54) is 57.8 Å². The van der Waals surface area contributed by atoms with Crippen LogP contribution in [0.5, 0.6) is 0 Å². The van der Waals surface area contributed by atoms with Crippen LogP contribution in [0, 0.1) is 0 Å². The highest BCUT2D eigenvalue weighted by atomic mass is 15.2. The molecular formula is C18H31N3. The highest BCUT2D eigenvalue weighted by Gasteiger charge is 2.11. The van der Waals surface area contributed by atoms with Crippen LogP contribution in [-0.2, 0) is 0 Å². The number of hydrogen-bond donors (Lipinski definition) is 1. The highest BCUT2D eigenvalue weighted by molar-refractivity contribution is 5.48. The predicted molar refractivity (Wildman–Crippen MR) is 92.2 cm³/mol. The number of nitrogens with one attached hydrogen (secondary N) is 1. The lowest BCUT2D eigenvalue weighted by Crippen LogP contribution is -2.30. The number of nitrogens with zero attached hydrogens (tertiary/aromatic N) is 2. The van der Waals surface area contributed by atoms with Crippen LogP contribution in [0.4, 0.5) is 11.5 Å². The average molecular weight is 289 g/mol. The molecule has 0 atom stereocenters. The van der Waals surface area contributed by atoms with Gasteiger partial charge < -0.3 is 10.2 Å².